The van der Waals surface area contributed by atoms with E-state index in [1.807, 2.05) is 27.7 Å². The molecular weight excluding hydrogens is 180 g/mol. The van der Waals surface area contributed by atoms with Gasteiger partial charge in [0.2, 0.25) is 0 Å². The van der Waals surface area contributed by atoms with Crippen LogP contribution in [0.2, 0.25) is 0 Å². The van der Waals surface area contributed by atoms with Crippen molar-refractivity contribution in [2.45, 2.75) is 27.7 Å². The Kier molecular flexibility index (Phi) is 6.89. The van der Waals surface area contributed by atoms with Gasteiger partial charge in [0.15, 0.2) is 0 Å². The van der Waals surface area contributed by atoms with E-state index in [2.05, 4.69) is 0 Å². The Morgan fingerprint density at radius 3 is 2.21 bits per heavy atom. The van der Waals surface area contributed by atoms with Crippen molar-refractivity contribution in [3.63, 3.8) is 0 Å². The Balaban J connectivity index is 3.51. The van der Waals surface area contributed by atoms with E-state index in [1.54, 1.807) is 0 Å². The van der Waals surface area contributed by atoms with E-state index in [4.69, 9.17) is 9.47 Å². The van der Waals surface area contributed by atoms with Crippen molar-refractivity contribution in [2.24, 2.45) is 11.8 Å². The summed E-state index contributed by atoms with van der Waals surface area (Å²) in [4.78, 5) is 11.0. The van der Waals surface area contributed by atoms with Gasteiger partial charge in [-0.15, -0.1) is 0 Å². The SMILES string of the molecule is CC(C)COC=CC(=O)OCC(C)C. The van der Waals surface area contributed by atoms with Crippen molar-refractivity contribution >= 4 is 5.97 Å². The van der Waals surface area contributed by atoms with Gasteiger partial charge in [0, 0.05) is 0 Å². The number of carbonyl (C=O) groups is 1. The van der Waals surface area contributed by atoms with Crippen molar-refractivity contribution in [3.05, 3.63) is 12.3 Å². The number of rotatable bonds is 6. The maximum atomic E-state index is 11.0. The van der Waals surface area contributed by atoms with Crippen LogP contribution in [0.4, 0.5) is 0 Å². The molecule has 0 aliphatic carbocycles. The molecule has 3 heteroatoms. The van der Waals surface area contributed by atoms with Gasteiger partial charge < -0.3 is 9.47 Å². The molecular formula is C11H20O3. The molecule has 0 heterocycles. The van der Waals surface area contributed by atoms with Crippen LogP contribution in [0.25, 0.3) is 0 Å². The summed E-state index contributed by atoms with van der Waals surface area (Å²) >= 11 is 0. The van der Waals surface area contributed by atoms with E-state index >= 15 is 0 Å². The third-order valence-corrected chi connectivity index (χ3v) is 1.29. The van der Waals surface area contributed by atoms with Crippen molar-refractivity contribution in [1.82, 2.24) is 0 Å². The van der Waals surface area contributed by atoms with Gasteiger partial charge in [-0.2, -0.15) is 0 Å². The Hall–Kier alpha value is -0.990. The fourth-order valence-corrected chi connectivity index (χ4v) is 0.649. The molecule has 0 radical (unpaired) electrons. The van der Waals surface area contributed by atoms with E-state index in [9.17, 15) is 4.79 Å². The molecule has 0 aromatic carbocycles. The van der Waals surface area contributed by atoms with Crippen molar-refractivity contribution in [2.75, 3.05) is 13.2 Å². The van der Waals surface area contributed by atoms with Gasteiger partial charge in [0.05, 0.1) is 25.6 Å². The lowest BCUT2D eigenvalue weighted by atomic mass is 10.2. The molecule has 0 aromatic rings. The fraction of sp³-hybridized carbons (Fsp3) is 0.727. The molecule has 0 fully saturated rings. The lowest BCUT2D eigenvalue weighted by Gasteiger charge is -2.05. The van der Waals surface area contributed by atoms with Gasteiger partial charge in [-0.1, -0.05) is 27.7 Å². The zero-order chi connectivity index (χ0) is 11.0. The molecule has 0 bridgehead atoms. The molecule has 0 saturated heterocycles. The van der Waals surface area contributed by atoms with E-state index in [0.29, 0.717) is 25.0 Å². The van der Waals surface area contributed by atoms with E-state index in [0.717, 1.165) is 0 Å². The van der Waals surface area contributed by atoms with Crippen LogP contribution in [0.1, 0.15) is 27.7 Å². The minimum absolute atomic E-state index is 0.345. The standard InChI is InChI=1S/C11H20O3/c1-9(2)7-13-6-5-11(12)14-8-10(3)4/h5-6,9-10H,7-8H2,1-4H3. The van der Waals surface area contributed by atoms with Gasteiger partial charge >= 0.3 is 5.97 Å². The summed E-state index contributed by atoms with van der Waals surface area (Å²) in [5.41, 5.74) is 0. The van der Waals surface area contributed by atoms with Crippen LogP contribution in [0, 0.1) is 11.8 Å². The summed E-state index contributed by atoms with van der Waals surface area (Å²) in [6.07, 6.45) is 2.70. The van der Waals surface area contributed by atoms with Crippen LogP contribution in [-0.2, 0) is 14.3 Å². The highest BCUT2D eigenvalue weighted by molar-refractivity contribution is 5.81. The summed E-state index contributed by atoms with van der Waals surface area (Å²) in [5.74, 6) is 0.484. The molecule has 0 atom stereocenters. The molecule has 0 aromatic heterocycles. The minimum Gasteiger partial charge on any atom is -0.501 e. The molecule has 0 aliphatic heterocycles. The van der Waals surface area contributed by atoms with Crippen LogP contribution in [0.5, 0.6) is 0 Å². The quantitative estimate of drug-likeness (QED) is 0.375. The fourth-order valence-electron chi connectivity index (χ4n) is 0.649. The number of esters is 1. The van der Waals surface area contributed by atoms with Gasteiger partial charge in [-0.05, 0) is 11.8 Å². The van der Waals surface area contributed by atoms with Crippen LogP contribution in [-0.4, -0.2) is 19.2 Å². The predicted octanol–water partition coefficient (Wildman–Crippen LogP) is 2.37. The third-order valence-electron chi connectivity index (χ3n) is 1.29. The molecule has 0 saturated carbocycles. The predicted molar refractivity (Wildman–Crippen MR) is 55.7 cm³/mol. The van der Waals surface area contributed by atoms with Crippen LogP contribution in [0.3, 0.4) is 0 Å². The average Bonchev–Trinajstić information content (AvgIpc) is 2.08. The summed E-state index contributed by atoms with van der Waals surface area (Å²) in [7, 11) is 0. The first-order valence-corrected chi connectivity index (χ1v) is 4.97. The van der Waals surface area contributed by atoms with Crippen LogP contribution >= 0.6 is 0 Å². The normalized spacial score (nSPS) is 11.3. The van der Waals surface area contributed by atoms with E-state index in [-0.39, 0.29) is 5.97 Å². The number of hydrogen-bond donors (Lipinski definition) is 0. The maximum absolute atomic E-state index is 11.0. The lowest BCUT2D eigenvalue weighted by Crippen LogP contribution is -2.07. The summed E-state index contributed by atoms with van der Waals surface area (Å²) in [6, 6.07) is 0. The van der Waals surface area contributed by atoms with Crippen molar-refractivity contribution in [3.8, 4) is 0 Å². The first-order chi connectivity index (χ1) is 6.52. The van der Waals surface area contributed by atoms with E-state index in [1.165, 1.54) is 12.3 Å². The first-order valence-electron chi connectivity index (χ1n) is 4.97. The minimum atomic E-state index is -0.345. The largest absolute Gasteiger partial charge is 0.501 e. The Bertz CT molecular complexity index is 183. The zero-order valence-corrected chi connectivity index (χ0v) is 9.45. The molecule has 82 valence electrons. The monoisotopic (exact) mass is 200 g/mol. The maximum Gasteiger partial charge on any atom is 0.333 e. The second-order valence-corrected chi connectivity index (χ2v) is 4.05. The van der Waals surface area contributed by atoms with Crippen LogP contribution in [0.15, 0.2) is 12.3 Å². The molecule has 0 rings (SSSR count). The smallest absolute Gasteiger partial charge is 0.333 e. The van der Waals surface area contributed by atoms with Gasteiger partial charge in [0.25, 0.3) is 0 Å². The van der Waals surface area contributed by atoms with Gasteiger partial charge in [-0.3, -0.25) is 0 Å². The highest BCUT2D eigenvalue weighted by Crippen LogP contribution is 1.95. The molecule has 0 amide bonds. The number of hydrogen-bond acceptors (Lipinski definition) is 3. The van der Waals surface area contributed by atoms with Gasteiger partial charge in [0.1, 0.15) is 0 Å². The molecule has 14 heavy (non-hydrogen) atoms. The number of carbonyl (C=O) groups excluding carboxylic acids is 1. The molecule has 0 N–H and O–H groups in total. The second kappa shape index (κ2) is 7.42. The average molecular weight is 200 g/mol. The summed E-state index contributed by atoms with van der Waals surface area (Å²) in [5, 5.41) is 0. The summed E-state index contributed by atoms with van der Waals surface area (Å²) < 4.78 is 10.00. The van der Waals surface area contributed by atoms with Crippen LogP contribution < -0.4 is 0 Å². The zero-order valence-electron chi connectivity index (χ0n) is 9.45. The third kappa shape index (κ3) is 9.10. The molecule has 3 nitrogen and oxygen atoms in total. The van der Waals surface area contributed by atoms with Gasteiger partial charge in [-0.25, -0.2) is 4.79 Å². The Labute approximate surface area is 86.1 Å². The molecule has 0 unspecified atom stereocenters. The Morgan fingerprint density at radius 1 is 1.14 bits per heavy atom. The Morgan fingerprint density at radius 2 is 1.71 bits per heavy atom. The highest BCUT2D eigenvalue weighted by Gasteiger charge is 1.99. The first kappa shape index (κ1) is 13.0. The summed E-state index contributed by atoms with van der Waals surface area (Å²) in [6.45, 7) is 9.15. The van der Waals surface area contributed by atoms with E-state index < -0.39 is 0 Å². The van der Waals surface area contributed by atoms with Crippen molar-refractivity contribution in [1.29, 1.82) is 0 Å². The van der Waals surface area contributed by atoms with Crippen molar-refractivity contribution < 1.29 is 14.3 Å². The number of ether oxygens (including phenoxy) is 2. The molecule has 0 aliphatic rings. The molecule has 0 spiro atoms. The lowest BCUT2D eigenvalue weighted by molar-refractivity contribution is -0.138. The highest BCUT2D eigenvalue weighted by atomic mass is 16.5. The second-order valence-electron chi connectivity index (χ2n) is 4.05. The topological polar surface area (TPSA) is 35.5 Å².